The SMILES string of the molecule is COc1ccc(NC(=O)CCSc2nc(N)c(C#N)c(-c3ccccc3)c2C#N)cc1Cl. The summed E-state index contributed by atoms with van der Waals surface area (Å²) in [6, 6.07) is 18.2. The average molecular weight is 464 g/mol. The number of ether oxygens (including phenoxy) is 1. The number of nitrogen functional groups attached to an aromatic ring is 1. The van der Waals surface area contributed by atoms with Crippen molar-refractivity contribution in [3.63, 3.8) is 0 Å². The van der Waals surface area contributed by atoms with Crippen LogP contribution in [-0.2, 0) is 4.79 Å². The van der Waals surface area contributed by atoms with Crippen LogP contribution in [0.2, 0.25) is 5.02 Å². The van der Waals surface area contributed by atoms with Gasteiger partial charge in [0.05, 0.1) is 17.7 Å². The number of methoxy groups -OCH3 is 1. The van der Waals surface area contributed by atoms with Gasteiger partial charge in [0.25, 0.3) is 0 Å². The van der Waals surface area contributed by atoms with Crippen molar-refractivity contribution < 1.29 is 9.53 Å². The third-order valence-corrected chi connectivity index (χ3v) is 5.75. The molecule has 2 aromatic carbocycles. The summed E-state index contributed by atoms with van der Waals surface area (Å²) in [5.41, 5.74) is 8.12. The number of thioether (sulfide) groups is 1. The maximum atomic E-state index is 12.3. The Morgan fingerprint density at radius 1 is 1.19 bits per heavy atom. The van der Waals surface area contributed by atoms with E-state index in [1.165, 1.54) is 18.9 Å². The molecular formula is C23H18ClN5O2S. The maximum Gasteiger partial charge on any atom is 0.225 e. The highest BCUT2D eigenvalue weighted by molar-refractivity contribution is 7.99. The highest BCUT2D eigenvalue weighted by Crippen LogP contribution is 2.35. The molecule has 3 N–H and O–H groups in total. The fraction of sp³-hybridized carbons (Fsp3) is 0.130. The third kappa shape index (κ3) is 5.12. The summed E-state index contributed by atoms with van der Waals surface area (Å²) in [5.74, 6) is 0.701. The Morgan fingerprint density at radius 3 is 2.53 bits per heavy atom. The lowest BCUT2D eigenvalue weighted by Crippen LogP contribution is -2.12. The molecule has 3 aromatic rings. The number of nitrogens with zero attached hydrogens (tertiary/aromatic N) is 3. The molecule has 0 bridgehead atoms. The Labute approximate surface area is 194 Å². The number of halogens is 1. The van der Waals surface area contributed by atoms with Crippen LogP contribution in [0.4, 0.5) is 11.5 Å². The van der Waals surface area contributed by atoms with Crippen LogP contribution in [0.15, 0.2) is 53.6 Å². The van der Waals surface area contributed by atoms with Crippen LogP contribution >= 0.6 is 23.4 Å². The number of amides is 1. The molecule has 160 valence electrons. The van der Waals surface area contributed by atoms with Gasteiger partial charge in [-0.3, -0.25) is 4.79 Å². The number of hydrogen-bond acceptors (Lipinski definition) is 7. The summed E-state index contributed by atoms with van der Waals surface area (Å²) in [4.78, 5) is 16.6. The van der Waals surface area contributed by atoms with Gasteiger partial charge in [-0.1, -0.05) is 41.9 Å². The number of anilines is 2. The van der Waals surface area contributed by atoms with E-state index in [0.717, 1.165) is 0 Å². The molecule has 1 heterocycles. The van der Waals surface area contributed by atoms with E-state index >= 15 is 0 Å². The first-order chi connectivity index (χ1) is 15.5. The second-order valence-electron chi connectivity index (χ2n) is 6.51. The number of benzene rings is 2. The molecule has 0 aliphatic rings. The van der Waals surface area contributed by atoms with Crippen LogP contribution in [0.5, 0.6) is 5.75 Å². The summed E-state index contributed by atoms with van der Waals surface area (Å²) in [6.07, 6.45) is 0.168. The molecule has 0 radical (unpaired) electrons. The zero-order chi connectivity index (χ0) is 23.1. The minimum atomic E-state index is -0.220. The molecule has 0 aliphatic carbocycles. The molecule has 0 saturated carbocycles. The lowest BCUT2D eigenvalue weighted by molar-refractivity contribution is -0.115. The van der Waals surface area contributed by atoms with Crippen molar-refractivity contribution in [1.82, 2.24) is 4.98 Å². The molecule has 0 spiro atoms. The molecule has 0 fully saturated rings. The van der Waals surface area contributed by atoms with Gasteiger partial charge in [0.1, 0.15) is 34.3 Å². The Morgan fingerprint density at radius 2 is 1.91 bits per heavy atom. The highest BCUT2D eigenvalue weighted by Gasteiger charge is 2.20. The first-order valence-corrected chi connectivity index (χ1v) is 10.8. The van der Waals surface area contributed by atoms with Crippen molar-refractivity contribution in [1.29, 1.82) is 10.5 Å². The van der Waals surface area contributed by atoms with E-state index in [1.807, 2.05) is 24.3 Å². The van der Waals surface area contributed by atoms with E-state index in [2.05, 4.69) is 16.4 Å². The average Bonchev–Trinajstić information content (AvgIpc) is 2.79. The van der Waals surface area contributed by atoms with E-state index in [-0.39, 0.29) is 29.3 Å². The standard InChI is InChI=1S/C23H18ClN5O2S/c1-31-19-8-7-15(11-18(19)24)28-20(30)9-10-32-23-17(13-26)21(14-5-3-2-4-6-14)16(12-25)22(27)29-23/h2-8,11H,9-10H2,1H3,(H2,27,29)(H,28,30). The normalized spacial score (nSPS) is 10.1. The van der Waals surface area contributed by atoms with Crippen LogP contribution < -0.4 is 15.8 Å². The summed E-state index contributed by atoms with van der Waals surface area (Å²) in [7, 11) is 1.51. The zero-order valence-corrected chi connectivity index (χ0v) is 18.6. The molecule has 9 heteroatoms. The summed E-state index contributed by atoms with van der Waals surface area (Å²) in [6.45, 7) is 0. The van der Waals surface area contributed by atoms with Gasteiger partial charge in [-0.05, 0) is 23.8 Å². The lowest BCUT2D eigenvalue weighted by Gasteiger charge is -2.13. The number of nitrogens with one attached hydrogen (secondary N) is 1. The number of nitrogens with two attached hydrogens (primary N) is 1. The Kier molecular flexibility index (Phi) is 7.56. The molecule has 0 atom stereocenters. The fourth-order valence-electron chi connectivity index (χ4n) is 3.00. The summed E-state index contributed by atoms with van der Waals surface area (Å²) in [5, 5.41) is 22.9. The van der Waals surface area contributed by atoms with Gasteiger partial charge >= 0.3 is 0 Å². The van der Waals surface area contributed by atoms with Crippen molar-refractivity contribution >= 4 is 40.8 Å². The van der Waals surface area contributed by atoms with E-state index in [1.54, 1.807) is 30.3 Å². The van der Waals surface area contributed by atoms with E-state index in [4.69, 9.17) is 22.1 Å². The number of carbonyl (C=O) groups excluding carboxylic acids is 1. The number of carbonyl (C=O) groups is 1. The van der Waals surface area contributed by atoms with Gasteiger partial charge in [-0.2, -0.15) is 10.5 Å². The molecular weight excluding hydrogens is 446 g/mol. The molecule has 0 aliphatic heterocycles. The van der Waals surface area contributed by atoms with Gasteiger partial charge in [-0.15, -0.1) is 11.8 Å². The maximum absolute atomic E-state index is 12.3. The predicted molar refractivity (Wildman–Crippen MR) is 125 cm³/mol. The molecule has 3 rings (SSSR count). The molecule has 0 unspecified atom stereocenters. The topological polar surface area (TPSA) is 125 Å². The van der Waals surface area contributed by atoms with Gasteiger partial charge in [-0.25, -0.2) is 4.98 Å². The van der Waals surface area contributed by atoms with Crippen molar-refractivity contribution in [2.24, 2.45) is 0 Å². The number of aromatic nitrogens is 1. The number of hydrogen-bond donors (Lipinski definition) is 2. The smallest absolute Gasteiger partial charge is 0.225 e. The van der Waals surface area contributed by atoms with Crippen LogP contribution in [0, 0.1) is 22.7 Å². The van der Waals surface area contributed by atoms with Crippen molar-refractivity contribution in [3.05, 3.63) is 64.7 Å². The van der Waals surface area contributed by atoms with Gasteiger partial charge < -0.3 is 15.8 Å². The van der Waals surface area contributed by atoms with E-state index < -0.39 is 0 Å². The van der Waals surface area contributed by atoms with Gasteiger partial charge in [0, 0.05) is 23.4 Å². The van der Waals surface area contributed by atoms with Gasteiger partial charge in [0.2, 0.25) is 5.91 Å². The molecule has 1 amide bonds. The quantitative estimate of drug-likeness (QED) is 0.479. The molecule has 0 saturated heterocycles. The van der Waals surface area contributed by atoms with Crippen LogP contribution in [0.3, 0.4) is 0 Å². The largest absolute Gasteiger partial charge is 0.495 e. The Bertz CT molecular complexity index is 1240. The van der Waals surface area contributed by atoms with Crippen molar-refractivity contribution in [2.75, 3.05) is 23.9 Å². The fourth-order valence-corrected chi connectivity index (χ4v) is 4.20. The number of nitriles is 2. The molecule has 1 aromatic heterocycles. The Hall–Kier alpha value is -3.72. The van der Waals surface area contributed by atoms with Crippen LogP contribution in [-0.4, -0.2) is 23.8 Å². The van der Waals surface area contributed by atoms with E-state index in [9.17, 15) is 15.3 Å². The predicted octanol–water partition coefficient (Wildman–Crippen LogP) is 4.86. The van der Waals surface area contributed by atoms with E-state index in [0.29, 0.717) is 38.4 Å². The van der Waals surface area contributed by atoms with Gasteiger partial charge in [0.15, 0.2) is 0 Å². The second kappa shape index (κ2) is 10.5. The van der Waals surface area contributed by atoms with Crippen LogP contribution in [0.1, 0.15) is 17.5 Å². The second-order valence-corrected chi connectivity index (χ2v) is 8.00. The first kappa shape index (κ1) is 23.0. The number of rotatable bonds is 7. The number of pyridine rings is 1. The zero-order valence-electron chi connectivity index (χ0n) is 17.1. The summed E-state index contributed by atoms with van der Waals surface area (Å²) >= 11 is 7.31. The van der Waals surface area contributed by atoms with Crippen molar-refractivity contribution in [2.45, 2.75) is 11.4 Å². The minimum Gasteiger partial charge on any atom is -0.495 e. The summed E-state index contributed by atoms with van der Waals surface area (Å²) < 4.78 is 5.10. The molecule has 7 nitrogen and oxygen atoms in total. The third-order valence-electron chi connectivity index (χ3n) is 4.48. The first-order valence-electron chi connectivity index (χ1n) is 9.43. The monoisotopic (exact) mass is 463 g/mol. The minimum absolute atomic E-state index is 0.0465. The molecule has 32 heavy (non-hydrogen) atoms. The Balaban J connectivity index is 1.76. The van der Waals surface area contributed by atoms with Crippen molar-refractivity contribution in [3.8, 4) is 29.0 Å². The highest BCUT2D eigenvalue weighted by atomic mass is 35.5. The lowest BCUT2D eigenvalue weighted by atomic mass is 9.97. The van der Waals surface area contributed by atoms with Crippen LogP contribution in [0.25, 0.3) is 11.1 Å².